The highest BCUT2D eigenvalue weighted by atomic mass is 32.2. The van der Waals surface area contributed by atoms with E-state index in [2.05, 4.69) is 26.9 Å². The number of benzene rings is 1. The fourth-order valence-electron chi connectivity index (χ4n) is 2.72. The summed E-state index contributed by atoms with van der Waals surface area (Å²) in [6, 6.07) is 14.1. The van der Waals surface area contributed by atoms with E-state index in [-0.39, 0.29) is 5.91 Å². The highest BCUT2D eigenvalue weighted by Crippen LogP contribution is 2.29. The molecule has 1 aliphatic heterocycles. The Labute approximate surface area is 148 Å². The van der Waals surface area contributed by atoms with Gasteiger partial charge in [0, 0.05) is 18.8 Å². The molecule has 0 saturated heterocycles. The molecule has 0 unspecified atom stereocenters. The van der Waals surface area contributed by atoms with Crippen LogP contribution in [0, 0.1) is 0 Å². The Bertz CT molecular complexity index is 830. The summed E-state index contributed by atoms with van der Waals surface area (Å²) < 4.78 is 2.06. The predicted molar refractivity (Wildman–Crippen MR) is 96.6 cm³/mol. The topological polar surface area (TPSA) is 51.0 Å². The largest absolute Gasteiger partial charge is 0.288 e. The number of hydrogen-bond donors (Lipinski definition) is 0. The van der Waals surface area contributed by atoms with Gasteiger partial charge in [-0.15, -0.1) is 21.5 Å². The van der Waals surface area contributed by atoms with Gasteiger partial charge >= 0.3 is 0 Å². The first kappa shape index (κ1) is 15.4. The van der Waals surface area contributed by atoms with Crippen molar-refractivity contribution in [1.82, 2.24) is 14.8 Å². The summed E-state index contributed by atoms with van der Waals surface area (Å²) in [5, 5.41) is 11.4. The molecule has 4 rings (SSSR count). The lowest BCUT2D eigenvalue weighted by atomic mass is 10.2. The van der Waals surface area contributed by atoms with Gasteiger partial charge in [0.25, 0.3) is 5.91 Å². The van der Waals surface area contributed by atoms with Crippen molar-refractivity contribution in [3.8, 4) is 0 Å². The van der Waals surface area contributed by atoms with Crippen LogP contribution in [0.2, 0.25) is 0 Å². The van der Waals surface area contributed by atoms with Crippen LogP contribution in [0.3, 0.4) is 0 Å². The molecule has 7 heteroatoms. The molecule has 122 valence electrons. The number of hydrogen-bond acceptors (Lipinski definition) is 5. The first-order valence-corrected chi connectivity index (χ1v) is 9.65. The number of thiophene rings is 1. The summed E-state index contributed by atoms with van der Waals surface area (Å²) in [4.78, 5) is 15.1. The van der Waals surface area contributed by atoms with Gasteiger partial charge in [-0.1, -0.05) is 48.2 Å². The molecule has 0 fully saturated rings. The highest BCUT2D eigenvalue weighted by molar-refractivity contribution is 7.98. The maximum atomic E-state index is 12.7. The molecule has 1 aliphatic rings. The van der Waals surface area contributed by atoms with Crippen molar-refractivity contribution < 1.29 is 4.79 Å². The Morgan fingerprint density at radius 2 is 2.00 bits per heavy atom. The van der Waals surface area contributed by atoms with Crippen molar-refractivity contribution >= 4 is 35.0 Å². The summed E-state index contributed by atoms with van der Waals surface area (Å²) in [5.74, 6) is 1.52. The van der Waals surface area contributed by atoms with E-state index in [1.165, 1.54) is 16.9 Å². The van der Waals surface area contributed by atoms with E-state index in [0.717, 1.165) is 28.8 Å². The van der Waals surface area contributed by atoms with Gasteiger partial charge in [-0.25, -0.2) is 0 Å². The summed E-state index contributed by atoms with van der Waals surface area (Å²) in [6.45, 7) is 1.55. The third kappa shape index (κ3) is 2.97. The van der Waals surface area contributed by atoms with Gasteiger partial charge in [-0.05, 0) is 23.4 Å². The molecule has 0 aliphatic carbocycles. The molecular weight excluding hydrogens is 340 g/mol. The van der Waals surface area contributed by atoms with Crippen LogP contribution < -0.4 is 4.90 Å². The minimum absolute atomic E-state index is 0.0120. The molecule has 3 heterocycles. The van der Waals surface area contributed by atoms with Crippen LogP contribution in [0.5, 0.6) is 0 Å². The second-order valence-electron chi connectivity index (χ2n) is 5.50. The number of fused-ring (bicyclic) bond motifs is 1. The van der Waals surface area contributed by atoms with Crippen molar-refractivity contribution in [2.24, 2.45) is 0 Å². The van der Waals surface area contributed by atoms with Crippen LogP contribution in [0.15, 0.2) is 53.0 Å². The average molecular weight is 356 g/mol. The van der Waals surface area contributed by atoms with Crippen LogP contribution in [-0.2, 0) is 12.3 Å². The van der Waals surface area contributed by atoms with Crippen LogP contribution in [-0.4, -0.2) is 27.2 Å². The average Bonchev–Trinajstić information content (AvgIpc) is 3.30. The molecule has 1 aromatic carbocycles. The first-order chi connectivity index (χ1) is 11.8. The van der Waals surface area contributed by atoms with E-state index in [9.17, 15) is 4.79 Å². The minimum atomic E-state index is 0.0120. The molecule has 1 amide bonds. The number of aromatic nitrogens is 3. The number of carbonyl (C=O) groups is 1. The molecule has 0 bridgehead atoms. The number of nitrogens with zero attached hydrogens (tertiary/aromatic N) is 4. The zero-order valence-corrected chi connectivity index (χ0v) is 14.6. The van der Waals surface area contributed by atoms with Crippen molar-refractivity contribution in [2.75, 3.05) is 11.4 Å². The fraction of sp³-hybridized carbons (Fsp3) is 0.235. The van der Waals surface area contributed by atoms with Crippen LogP contribution in [0.4, 0.5) is 5.95 Å². The molecule has 5 nitrogen and oxygen atoms in total. The Hall–Kier alpha value is -2.12. The van der Waals surface area contributed by atoms with E-state index >= 15 is 0 Å². The summed E-state index contributed by atoms with van der Waals surface area (Å²) >= 11 is 3.12. The van der Waals surface area contributed by atoms with Crippen LogP contribution in [0.25, 0.3) is 0 Å². The third-order valence-electron chi connectivity index (χ3n) is 3.89. The van der Waals surface area contributed by atoms with Gasteiger partial charge in [-0.3, -0.25) is 14.3 Å². The van der Waals surface area contributed by atoms with Gasteiger partial charge in [0.05, 0.1) is 4.88 Å². The van der Waals surface area contributed by atoms with Gasteiger partial charge in [0.2, 0.25) is 5.95 Å². The number of amides is 1. The van der Waals surface area contributed by atoms with E-state index in [1.54, 1.807) is 16.7 Å². The first-order valence-electron chi connectivity index (χ1n) is 7.78. The Balaban J connectivity index is 1.55. The van der Waals surface area contributed by atoms with Crippen molar-refractivity contribution in [3.63, 3.8) is 0 Å². The summed E-state index contributed by atoms with van der Waals surface area (Å²) in [7, 11) is 0. The van der Waals surface area contributed by atoms with Crippen molar-refractivity contribution in [3.05, 3.63) is 58.3 Å². The molecule has 0 atom stereocenters. The number of anilines is 1. The maximum Gasteiger partial charge on any atom is 0.270 e. The molecule has 24 heavy (non-hydrogen) atoms. The van der Waals surface area contributed by atoms with Gasteiger partial charge in [-0.2, -0.15) is 0 Å². The standard InChI is InChI=1S/C17H16N4OS2/c22-15(14-8-4-11-23-14)20-9-5-10-21-16(20)18-19-17(21)24-12-13-6-2-1-3-7-13/h1-4,6-8,11H,5,9-10,12H2. The van der Waals surface area contributed by atoms with Crippen molar-refractivity contribution in [2.45, 2.75) is 23.9 Å². The summed E-state index contributed by atoms with van der Waals surface area (Å²) in [6.07, 6.45) is 0.918. The molecule has 2 aromatic heterocycles. The van der Waals surface area contributed by atoms with Crippen molar-refractivity contribution in [1.29, 1.82) is 0 Å². The monoisotopic (exact) mass is 356 g/mol. The second kappa shape index (κ2) is 6.78. The number of rotatable bonds is 4. The van der Waals surface area contributed by atoms with E-state index in [4.69, 9.17) is 0 Å². The molecule has 0 N–H and O–H groups in total. The van der Waals surface area contributed by atoms with Gasteiger partial charge in [0.15, 0.2) is 5.16 Å². The lowest BCUT2D eigenvalue weighted by Gasteiger charge is -2.26. The quantitative estimate of drug-likeness (QED) is 0.669. The normalized spacial score (nSPS) is 13.8. The zero-order valence-electron chi connectivity index (χ0n) is 13.0. The predicted octanol–water partition coefficient (Wildman–Crippen LogP) is 3.68. The van der Waals surface area contributed by atoms with E-state index < -0.39 is 0 Å². The highest BCUT2D eigenvalue weighted by Gasteiger charge is 2.28. The fourth-order valence-corrected chi connectivity index (χ4v) is 4.31. The Morgan fingerprint density at radius 1 is 1.12 bits per heavy atom. The molecule has 0 saturated carbocycles. The van der Waals surface area contributed by atoms with Gasteiger partial charge in [0.1, 0.15) is 0 Å². The minimum Gasteiger partial charge on any atom is -0.288 e. The second-order valence-corrected chi connectivity index (χ2v) is 7.39. The number of carbonyl (C=O) groups excluding carboxylic acids is 1. The van der Waals surface area contributed by atoms with Crippen LogP contribution >= 0.6 is 23.1 Å². The molecule has 0 radical (unpaired) electrons. The number of thioether (sulfide) groups is 1. The smallest absolute Gasteiger partial charge is 0.270 e. The SMILES string of the molecule is O=C(c1cccs1)N1CCCn2c(SCc3ccccc3)nnc21. The zero-order chi connectivity index (χ0) is 16.4. The lowest BCUT2D eigenvalue weighted by molar-refractivity contribution is 0.0984. The van der Waals surface area contributed by atoms with Gasteiger partial charge < -0.3 is 0 Å². The molecular formula is C17H16N4OS2. The van der Waals surface area contributed by atoms with E-state index in [1.807, 2.05) is 35.7 Å². The van der Waals surface area contributed by atoms with Crippen LogP contribution in [0.1, 0.15) is 21.7 Å². The maximum absolute atomic E-state index is 12.7. The third-order valence-corrected chi connectivity index (χ3v) is 5.79. The Kier molecular flexibility index (Phi) is 4.36. The van der Waals surface area contributed by atoms with E-state index in [0.29, 0.717) is 12.5 Å². The lowest BCUT2D eigenvalue weighted by Crippen LogP contribution is -2.37. The molecule has 3 aromatic rings. The summed E-state index contributed by atoms with van der Waals surface area (Å²) in [5.41, 5.74) is 1.25. The Morgan fingerprint density at radius 3 is 2.79 bits per heavy atom. The molecule has 0 spiro atoms.